The fourth-order valence-electron chi connectivity index (χ4n) is 5.07. The van der Waals surface area contributed by atoms with E-state index >= 15 is 0 Å². The second-order valence-corrected chi connectivity index (χ2v) is 8.84. The third kappa shape index (κ3) is 4.77. The molecule has 1 atom stereocenters. The maximum Gasteiger partial charge on any atom is 0.203 e. The van der Waals surface area contributed by atoms with Crippen molar-refractivity contribution in [2.45, 2.75) is 25.6 Å². The van der Waals surface area contributed by atoms with Gasteiger partial charge in [0.15, 0.2) is 11.5 Å². The number of para-hydroxylation sites is 1. The van der Waals surface area contributed by atoms with Gasteiger partial charge in [-0.1, -0.05) is 30.3 Å². The molecule has 36 heavy (non-hydrogen) atoms. The number of nitrogens with zero attached hydrogens (tertiary/aromatic N) is 2. The van der Waals surface area contributed by atoms with E-state index in [0.717, 1.165) is 43.1 Å². The number of rotatable bonds is 8. The fourth-order valence-corrected chi connectivity index (χ4v) is 5.07. The lowest BCUT2D eigenvalue weighted by Gasteiger charge is -2.32. The van der Waals surface area contributed by atoms with Crippen LogP contribution in [0.15, 0.2) is 85.1 Å². The molecule has 186 valence electrons. The van der Waals surface area contributed by atoms with Gasteiger partial charge >= 0.3 is 0 Å². The molecule has 6 nitrogen and oxygen atoms in total. The van der Waals surface area contributed by atoms with Crippen LogP contribution in [0.1, 0.15) is 29.3 Å². The van der Waals surface area contributed by atoms with Gasteiger partial charge < -0.3 is 23.5 Å². The summed E-state index contributed by atoms with van der Waals surface area (Å²) in [6, 6.07) is 26.6. The van der Waals surface area contributed by atoms with E-state index in [0.29, 0.717) is 17.2 Å². The van der Waals surface area contributed by atoms with Crippen LogP contribution in [0.2, 0.25) is 0 Å². The van der Waals surface area contributed by atoms with Gasteiger partial charge in [0.1, 0.15) is 11.5 Å². The topological polar surface area (TPSA) is 45.1 Å². The molecule has 3 aromatic carbocycles. The highest BCUT2D eigenvalue weighted by molar-refractivity contribution is 5.58. The first-order valence-corrected chi connectivity index (χ1v) is 12.2. The first-order chi connectivity index (χ1) is 17.7. The van der Waals surface area contributed by atoms with E-state index in [9.17, 15) is 0 Å². The highest BCUT2D eigenvalue weighted by Crippen LogP contribution is 2.46. The van der Waals surface area contributed by atoms with Crippen LogP contribution in [-0.4, -0.2) is 37.3 Å². The lowest BCUT2D eigenvalue weighted by Crippen LogP contribution is -2.30. The normalized spacial score (nSPS) is 15.6. The van der Waals surface area contributed by atoms with Crippen molar-refractivity contribution in [1.82, 2.24) is 9.47 Å². The third-order valence-corrected chi connectivity index (χ3v) is 6.65. The molecule has 2 heterocycles. The van der Waals surface area contributed by atoms with Crippen LogP contribution < -0.4 is 18.9 Å². The van der Waals surface area contributed by atoms with Crippen molar-refractivity contribution in [3.05, 3.63) is 102 Å². The molecule has 0 N–H and O–H groups in total. The lowest BCUT2D eigenvalue weighted by atomic mass is 9.99. The molecule has 4 aromatic rings. The molecule has 0 saturated heterocycles. The number of methoxy groups -OCH3 is 3. The Labute approximate surface area is 212 Å². The monoisotopic (exact) mass is 484 g/mol. The zero-order valence-electron chi connectivity index (χ0n) is 21.0. The molecule has 1 unspecified atom stereocenters. The van der Waals surface area contributed by atoms with E-state index in [2.05, 4.69) is 52.1 Å². The molecular formula is C30H32N2O4. The zero-order valence-corrected chi connectivity index (χ0v) is 21.0. The van der Waals surface area contributed by atoms with Crippen LogP contribution in [0.5, 0.6) is 28.7 Å². The van der Waals surface area contributed by atoms with Crippen molar-refractivity contribution >= 4 is 0 Å². The molecular weight excluding hydrogens is 452 g/mol. The molecule has 0 radical (unpaired) electrons. The number of aromatic nitrogens is 1. The summed E-state index contributed by atoms with van der Waals surface area (Å²) in [5.74, 6) is 3.62. The van der Waals surface area contributed by atoms with Gasteiger partial charge in [0.2, 0.25) is 5.75 Å². The van der Waals surface area contributed by atoms with Gasteiger partial charge in [0, 0.05) is 37.1 Å². The smallest absolute Gasteiger partial charge is 0.203 e. The first-order valence-electron chi connectivity index (χ1n) is 12.2. The van der Waals surface area contributed by atoms with Crippen molar-refractivity contribution in [3.8, 4) is 28.7 Å². The fraction of sp³-hybridized carbons (Fsp3) is 0.267. The number of hydrogen-bond acceptors (Lipinski definition) is 5. The summed E-state index contributed by atoms with van der Waals surface area (Å²) >= 11 is 0. The standard InChI is InChI=1S/C30H32N2O4/c1-33-27-16-15-25(29(34-2)30(27)35-3)28-26-14-8-17-31(26)18-9-19-32(28)21-22-10-7-13-24(20-22)36-23-11-5-4-6-12-23/h4-8,10-17,20,28H,9,18-19,21H2,1-3H3. The molecule has 0 bridgehead atoms. The summed E-state index contributed by atoms with van der Waals surface area (Å²) in [5, 5.41) is 0. The average Bonchev–Trinajstić information content (AvgIpc) is 3.30. The number of benzene rings is 3. The molecule has 0 amide bonds. The second kappa shape index (κ2) is 10.8. The highest BCUT2D eigenvalue weighted by atomic mass is 16.5. The number of fused-ring (bicyclic) bond motifs is 1. The predicted octanol–water partition coefficient (Wildman–Crippen LogP) is 6.30. The Morgan fingerprint density at radius 3 is 2.33 bits per heavy atom. The van der Waals surface area contributed by atoms with E-state index in [1.807, 2.05) is 42.5 Å². The largest absolute Gasteiger partial charge is 0.493 e. The molecule has 1 aliphatic heterocycles. The summed E-state index contributed by atoms with van der Waals surface area (Å²) in [5.41, 5.74) is 3.47. The average molecular weight is 485 g/mol. The van der Waals surface area contributed by atoms with Gasteiger partial charge in [-0.3, -0.25) is 4.90 Å². The Kier molecular flexibility index (Phi) is 7.14. The van der Waals surface area contributed by atoms with Crippen LogP contribution >= 0.6 is 0 Å². The summed E-state index contributed by atoms with van der Waals surface area (Å²) in [6.45, 7) is 2.68. The molecule has 1 aliphatic rings. The van der Waals surface area contributed by atoms with Crippen molar-refractivity contribution < 1.29 is 18.9 Å². The predicted molar refractivity (Wildman–Crippen MR) is 140 cm³/mol. The number of hydrogen-bond donors (Lipinski definition) is 0. The maximum absolute atomic E-state index is 6.11. The van der Waals surface area contributed by atoms with Crippen LogP contribution in [-0.2, 0) is 13.1 Å². The van der Waals surface area contributed by atoms with E-state index < -0.39 is 0 Å². The first kappa shape index (κ1) is 23.8. The van der Waals surface area contributed by atoms with E-state index in [4.69, 9.17) is 18.9 Å². The van der Waals surface area contributed by atoms with E-state index in [-0.39, 0.29) is 6.04 Å². The molecule has 0 spiro atoms. The Hall–Kier alpha value is -3.90. The Morgan fingerprint density at radius 1 is 0.750 bits per heavy atom. The van der Waals surface area contributed by atoms with Gasteiger partial charge in [-0.05, 0) is 60.5 Å². The lowest BCUT2D eigenvalue weighted by molar-refractivity contribution is 0.214. The van der Waals surface area contributed by atoms with Crippen LogP contribution in [0.25, 0.3) is 0 Å². The van der Waals surface area contributed by atoms with Gasteiger partial charge in [-0.25, -0.2) is 0 Å². The Morgan fingerprint density at radius 2 is 1.56 bits per heavy atom. The molecule has 5 rings (SSSR count). The Bertz CT molecular complexity index is 1300. The van der Waals surface area contributed by atoms with Crippen molar-refractivity contribution in [3.63, 3.8) is 0 Å². The van der Waals surface area contributed by atoms with Crippen LogP contribution in [0.4, 0.5) is 0 Å². The maximum atomic E-state index is 6.11. The molecule has 1 aromatic heterocycles. The minimum atomic E-state index is -0.0176. The molecule has 0 aliphatic carbocycles. The van der Waals surface area contributed by atoms with Gasteiger partial charge in [0.25, 0.3) is 0 Å². The minimum absolute atomic E-state index is 0.0176. The van der Waals surface area contributed by atoms with Gasteiger partial charge in [0.05, 0.1) is 27.4 Å². The second-order valence-electron chi connectivity index (χ2n) is 8.84. The van der Waals surface area contributed by atoms with Crippen molar-refractivity contribution in [2.75, 3.05) is 27.9 Å². The molecule has 0 fully saturated rings. The van der Waals surface area contributed by atoms with Gasteiger partial charge in [-0.15, -0.1) is 0 Å². The van der Waals surface area contributed by atoms with Crippen molar-refractivity contribution in [1.29, 1.82) is 0 Å². The van der Waals surface area contributed by atoms with E-state index in [1.54, 1.807) is 21.3 Å². The van der Waals surface area contributed by atoms with Crippen LogP contribution in [0.3, 0.4) is 0 Å². The number of ether oxygens (including phenoxy) is 4. The zero-order chi connectivity index (χ0) is 24.9. The summed E-state index contributed by atoms with van der Waals surface area (Å²) in [7, 11) is 4.98. The quantitative estimate of drug-likeness (QED) is 0.294. The Balaban J connectivity index is 1.52. The highest BCUT2D eigenvalue weighted by Gasteiger charge is 2.32. The van der Waals surface area contributed by atoms with Crippen LogP contribution in [0, 0.1) is 0 Å². The minimum Gasteiger partial charge on any atom is -0.493 e. The van der Waals surface area contributed by atoms with Gasteiger partial charge in [-0.2, -0.15) is 0 Å². The van der Waals surface area contributed by atoms with E-state index in [1.165, 1.54) is 11.3 Å². The molecule has 6 heteroatoms. The third-order valence-electron chi connectivity index (χ3n) is 6.65. The summed E-state index contributed by atoms with van der Waals surface area (Å²) < 4.78 is 25.6. The van der Waals surface area contributed by atoms with Crippen molar-refractivity contribution in [2.24, 2.45) is 0 Å². The number of aryl methyl sites for hydroxylation is 1. The summed E-state index contributed by atoms with van der Waals surface area (Å²) in [6.07, 6.45) is 3.21. The SMILES string of the molecule is COc1ccc(C2c3cccn3CCCN2Cc2cccc(Oc3ccccc3)c2)c(OC)c1OC. The summed E-state index contributed by atoms with van der Waals surface area (Å²) in [4.78, 5) is 2.50. The molecule has 0 saturated carbocycles.